The van der Waals surface area contributed by atoms with Gasteiger partial charge in [0, 0.05) is 26.2 Å². The van der Waals surface area contributed by atoms with Gasteiger partial charge in [0.05, 0.1) is 17.6 Å². The molecule has 0 aromatic heterocycles. The van der Waals surface area contributed by atoms with Crippen molar-refractivity contribution in [1.82, 2.24) is 9.21 Å². The Morgan fingerprint density at radius 1 is 1.04 bits per heavy atom. The van der Waals surface area contributed by atoms with E-state index in [0.717, 1.165) is 16.9 Å². The number of aryl methyl sites for hydroxylation is 1. The van der Waals surface area contributed by atoms with Gasteiger partial charge in [0.25, 0.3) is 0 Å². The molecule has 2 aromatic carbocycles. The van der Waals surface area contributed by atoms with Gasteiger partial charge in [0.1, 0.15) is 11.8 Å². The van der Waals surface area contributed by atoms with Gasteiger partial charge in [-0.1, -0.05) is 29.8 Å². The standard InChI is InChI=1S/C21H25N3O3S/c1-3-27-19-8-6-18(7-9-19)21(16-22)23-12-14-24(15-13-23)28(25,26)20-10-4-17(2)5-11-20/h4-11,21H,3,12-15H2,1-2H3. The molecule has 1 atom stereocenters. The average Bonchev–Trinajstić information content (AvgIpc) is 2.71. The van der Waals surface area contributed by atoms with Crippen molar-refractivity contribution >= 4 is 10.0 Å². The summed E-state index contributed by atoms with van der Waals surface area (Å²) in [5.41, 5.74) is 1.91. The van der Waals surface area contributed by atoms with Crippen molar-refractivity contribution in [1.29, 1.82) is 5.26 Å². The number of nitriles is 1. The molecule has 0 amide bonds. The number of nitrogens with zero attached hydrogens (tertiary/aromatic N) is 3. The molecule has 1 fully saturated rings. The fourth-order valence-electron chi connectivity index (χ4n) is 3.34. The molecule has 0 radical (unpaired) electrons. The first-order chi connectivity index (χ1) is 13.5. The van der Waals surface area contributed by atoms with Crippen LogP contribution in [0.15, 0.2) is 53.4 Å². The van der Waals surface area contributed by atoms with Crippen molar-refractivity contribution in [3.05, 3.63) is 59.7 Å². The minimum absolute atomic E-state index is 0.315. The fraction of sp³-hybridized carbons (Fsp3) is 0.381. The van der Waals surface area contributed by atoms with Gasteiger partial charge in [-0.15, -0.1) is 0 Å². The molecule has 28 heavy (non-hydrogen) atoms. The molecule has 1 unspecified atom stereocenters. The minimum atomic E-state index is -3.50. The Labute approximate surface area is 167 Å². The first-order valence-corrected chi connectivity index (χ1v) is 10.8. The van der Waals surface area contributed by atoms with Crippen LogP contribution in [0.3, 0.4) is 0 Å². The van der Waals surface area contributed by atoms with Crippen LogP contribution in [-0.2, 0) is 10.0 Å². The van der Waals surface area contributed by atoms with Crippen LogP contribution < -0.4 is 4.74 Å². The third kappa shape index (κ3) is 4.36. The number of piperazine rings is 1. The van der Waals surface area contributed by atoms with E-state index in [2.05, 4.69) is 6.07 Å². The molecule has 0 spiro atoms. The number of sulfonamides is 1. The molecule has 6 nitrogen and oxygen atoms in total. The van der Waals surface area contributed by atoms with Crippen LogP contribution in [0.5, 0.6) is 5.75 Å². The molecule has 7 heteroatoms. The second-order valence-electron chi connectivity index (χ2n) is 6.79. The average molecular weight is 400 g/mol. The highest BCUT2D eigenvalue weighted by Crippen LogP contribution is 2.25. The SMILES string of the molecule is CCOc1ccc(C(C#N)N2CCN(S(=O)(=O)c3ccc(C)cc3)CC2)cc1. The molecule has 0 N–H and O–H groups in total. The Hall–Kier alpha value is -2.40. The summed E-state index contributed by atoms with van der Waals surface area (Å²) in [6.45, 7) is 6.20. The normalized spacial score (nSPS) is 17.0. The molecule has 0 aliphatic carbocycles. The third-order valence-corrected chi connectivity index (χ3v) is 6.84. The fourth-order valence-corrected chi connectivity index (χ4v) is 4.76. The largest absolute Gasteiger partial charge is 0.494 e. The second-order valence-corrected chi connectivity index (χ2v) is 8.72. The summed E-state index contributed by atoms with van der Waals surface area (Å²) in [5.74, 6) is 0.775. The van der Waals surface area contributed by atoms with Crippen LogP contribution in [0.2, 0.25) is 0 Å². The zero-order chi connectivity index (χ0) is 20.1. The smallest absolute Gasteiger partial charge is 0.243 e. The first-order valence-electron chi connectivity index (χ1n) is 9.39. The molecule has 0 saturated carbocycles. The van der Waals surface area contributed by atoms with Crippen LogP contribution in [0, 0.1) is 18.3 Å². The molecule has 3 rings (SSSR count). The molecule has 0 bridgehead atoms. The monoisotopic (exact) mass is 399 g/mol. The lowest BCUT2D eigenvalue weighted by Crippen LogP contribution is -2.49. The lowest BCUT2D eigenvalue weighted by molar-refractivity contribution is 0.162. The van der Waals surface area contributed by atoms with Crippen molar-refractivity contribution in [3.8, 4) is 11.8 Å². The molecular formula is C21H25N3O3S. The van der Waals surface area contributed by atoms with E-state index in [-0.39, 0.29) is 0 Å². The number of ether oxygens (including phenoxy) is 1. The minimum Gasteiger partial charge on any atom is -0.494 e. The number of rotatable bonds is 6. The predicted octanol–water partition coefficient (Wildman–Crippen LogP) is 2.96. The third-order valence-electron chi connectivity index (χ3n) is 4.93. The zero-order valence-electron chi connectivity index (χ0n) is 16.2. The summed E-state index contributed by atoms with van der Waals surface area (Å²) < 4.78 is 32.6. The van der Waals surface area contributed by atoms with Crippen LogP contribution >= 0.6 is 0 Å². The van der Waals surface area contributed by atoms with E-state index in [1.54, 1.807) is 24.3 Å². The topological polar surface area (TPSA) is 73.6 Å². The Bertz CT molecular complexity index is 926. The molecule has 1 heterocycles. The summed E-state index contributed by atoms with van der Waals surface area (Å²) in [6, 6.07) is 16.4. The molecule has 1 aliphatic heterocycles. The van der Waals surface area contributed by atoms with Gasteiger partial charge < -0.3 is 4.74 Å². The Balaban J connectivity index is 1.68. The lowest BCUT2D eigenvalue weighted by atomic mass is 10.1. The van der Waals surface area contributed by atoms with Crippen molar-refractivity contribution in [2.24, 2.45) is 0 Å². The van der Waals surface area contributed by atoms with E-state index in [0.29, 0.717) is 37.7 Å². The summed E-state index contributed by atoms with van der Waals surface area (Å²) in [5, 5.41) is 9.68. The Morgan fingerprint density at radius 2 is 1.64 bits per heavy atom. The molecule has 1 aliphatic rings. The molecular weight excluding hydrogens is 374 g/mol. The van der Waals surface area contributed by atoms with E-state index < -0.39 is 16.1 Å². The van der Waals surface area contributed by atoms with Crippen molar-refractivity contribution in [2.75, 3.05) is 32.8 Å². The quantitative estimate of drug-likeness (QED) is 0.747. The maximum Gasteiger partial charge on any atom is 0.243 e. The molecule has 148 valence electrons. The van der Waals surface area contributed by atoms with E-state index in [4.69, 9.17) is 4.74 Å². The van der Waals surface area contributed by atoms with Crippen molar-refractivity contribution in [2.45, 2.75) is 24.8 Å². The maximum atomic E-state index is 12.8. The van der Waals surface area contributed by atoms with Gasteiger partial charge >= 0.3 is 0 Å². The van der Waals surface area contributed by atoms with E-state index in [9.17, 15) is 13.7 Å². The zero-order valence-corrected chi connectivity index (χ0v) is 17.0. The number of benzene rings is 2. The first kappa shape index (κ1) is 20.3. The predicted molar refractivity (Wildman–Crippen MR) is 107 cm³/mol. The van der Waals surface area contributed by atoms with Gasteiger partial charge in [0.15, 0.2) is 0 Å². The summed E-state index contributed by atoms with van der Waals surface area (Å²) in [7, 11) is -3.50. The van der Waals surface area contributed by atoms with Gasteiger partial charge in [-0.25, -0.2) is 8.42 Å². The molecule has 2 aromatic rings. The van der Waals surface area contributed by atoms with Crippen LogP contribution in [0.4, 0.5) is 0 Å². The highest BCUT2D eigenvalue weighted by Gasteiger charge is 2.31. The van der Waals surface area contributed by atoms with Crippen LogP contribution in [0.1, 0.15) is 24.1 Å². The highest BCUT2D eigenvalue weighted by atomic mass is 32.2. The Morgan fingerprint density at radius 3 is 2.18 bits per heavy atom. The Kier molecular flexibility index (Phi) is 6.35. The second kappa shape index (κ2) is 8.74. The lowest BCUT2D eigenvalue weighted by Gasteiger charge is -2.36. The highest BCUT2D eigenvalue weighted by molar-refractivity contribution is 7.89. The number of hydrogen-bond acceptors (Lipinski definition) is 5. The summed E-state index contributed by atoms with van der Waals surface area (Å²) >= 11 is 0. The van der Waals surface area contributed by atoms with Gasteiger partial charge in [-0.3, -0.25) is 4.90 Å². The van der Waals surface area contributed by atoms with Gasteiger partial charge in [-0.2, -0.15) is 9.57 Å². The van der Waals surface area contributed by atoms with Crippen LogP contribution in [0.25, 0.3) is 0 Å². The van der Waals surface area contributed by atoms with E-state index in [1.165, 1.54) is 4.31 Å². The summed E-state index contributed by atoms with van der Waals surface area (Å²) in [4.78, 5) is 2.34. The molecule has 1 saturated heterocycles. The van der Waals surface area contributed by atoms with Gasteiger partial charge in [-0.05, 0) is 43.7 Å². The van der Waals surface area contributed by atoms with Crippen molar-refractivity contribution < 1.29 is 13.2 Å². The van der Waals surface area contributed by atoms with E-state index in [1.807, 2.05) is 43.0 Å². The number of hydrogen-bond donors (Lipinski definition) is 0. The van der Waals surface area contributed by atoms with Gasteiger partial charge in [0.2, 0.25) is 10.0 Å². The van der Waals surface area contributed by atoms with E-state index >= 15 is 0 Å². The summed E-state index contributed by atoms with van der Waals surface area (Å²) in [6.07, 6.45) is 0. The maximum absolute atomic E-state index is 12.8. The van der Waals surface area contributed by atoms with Crippen molar-refractivity contribution in [3.63, 3.8) is 0 Å². The van der Waals surface area contributed by atoms with Crippen LogP contribution in [-0.4, -0.2) is 50.4 Å².